The molecule has 1 N–H and O–H groups in total. The summed E-state index contributed by atoms with van der Waals surface area (Å²) in [5.74, 6) is -0.690. The number of aliphatic carboxylic acids is 1. The van der Waals surface area contributed by atoms with Gasteiger partial charge in [-0.3, -0.25) is 9.69 Å². The van der Waals surface area contributed by atoms with Gasteiger partial charge in [0.25, 0.3) is 0 Å². The van der Waals surface area contributed by atoms with Gasteiger partial charge in [0.05, 0.1) is 12.5 Å². The van der Waals surface area contributed by atoms with E-state index < -0.39 is 5.97 Å². The summed E-state index contributed by atoms with van der Waals surface area (Å²) in [5.41, 5.74) is 2.37. The van der Waals surface area contributed by atoms with E-state index >= 15 is 0 Å². The number of nitrogens with zero attached hydrogens (tertiary/aromatic N) is 1. The predicted octanol–water partition coefficient (Wildman–Crippen LogP) is 1.99. The smallest absolute Gasteiger partial charge is 0.308 e. The third-order valence-corrected chi connectivity index (χ3v) is 3.71. The molecule has 0 spiro atoms. The van der Waals surface area contributed by atoms with Crippen molar-refractivity contribution in [2.75, 3.05) is 20.2 Å². The Kier molecular flexibility index (Phi) is 4.56. The Morgan fingerprint density at radius 1 is 1.42 bits per heavy atom. The van der Waals surface area contributed by atoms with Crippen molar-refractivity contribution in [1.82, 2.24) is 4.90 Å². The first-order chi connectivity index (χ1) is 9.10. The number of hydrogen-bond donors (Lipinski definition) is 1. The highest BCUT2D eigenvalue weighted by Crippen LogP contribution is 2.24. The number of carbonyl (C=O) groups is 1. The van der Waals surface area contributed by atoms with Crippen molar-refractivity contribution in [3.05, 3.63) is 35.4 Å². The second-order valence-electron chi connectivity index (χ2n) is 5.37. The maximum atomic E-state index is 11.1. The first-order valence-electron chi connectivity index (χ1n) is 6.62. The van der Waals surface area contributed by atoms with Crippen molar-refractivity contribution in [3.8, 4) is 0 Å². The lowest BCUT2D eigenvalue weighted by Crippen LogP contribution is -2.23. The molecule has 2 rings (SSSR count). The Balaban J connectivity index is 1.98. The molecule has 1 saturated heterocycles. The van der Waals surface area contributed by atoms with E-state index in [1.807, 2.05) is 19.1 Å². The topological polar surface area (TPSA) is 49.8 Å². The zero-order valence-corrected chi connectivity index (χ0v) is 11.5. The fourth-order valence-electron chi connectivity index (χ4n) is 2.76. The number of carboxylic acid groups (broad SMARTS) is 1. The molecule has 1 aliphatic heterocycles. The van der Waals surface area contributed by atoms with Crippen LogP contribution in [-0.4, -0.2) is 36.2 Å². The molecule has 19 heavy (non-hydrogen) atoms. The van der Waals surface area contributed by atoms with Crippen LogP contribution in [0, 0.1) is 11.8 Å². The molecular formula is C15H21NO3. The number of carboxylic acids is 1. The summed E-state index contributed by atoms with van der Waals surface area (Å²) in [6.07, 6.45) is 0. The first kappa shape index (κ1) is 14.0. The van der Waals surface area contributed by atoms with Gasteiger partial charge in [-0.05, 0) is 17.0 Å². The number of hydrogen-bond acceptors (Lipinski definition) is 3. The molecule has 2 unspecified atom stereocenters. The summed E-state index contributed by atoms with van der Waals surface area (Å²) >= 11 is 0. The number of benzene rings is 1. The zero-order valence-electron chi connectivity index (χ0n) is 11.5. The van der Waals surface area contributed by atoms with E-state index in [0.29, 0.717) is 13.2 Å². The van der Waals surface area contributed by atoms with Gasteiger partial charge in [0, 0.05) is 26.7 Å². The number of methoxy groups -OCH3 is 1. The van der Waals surface area contributed by atoms with Crippen LogP contribution in [0.4, 0.5) is 0 Å². The lowest BCUT2D eigenvalue weighted by molar-refractivity contribution is -0.142. The Bertz CT molecular complexity index is 447. The van der Waals surface area contributed by atoms with Crippen LogP contribution < -0.4 is 0 Å². The molecule has 1 aromatic carbocycles. The summed E-state index contributed by atoms with van der Waals surface area (Å²) < 4.78 is 5.13. The van der Waals surface area contributed by atoms with Crippen LogP contribution in [0.25, 0.3) is 0 Å². The van der Waals surface area contributed by atoms with Gasteiger partial charge in [-0.15, -0.1) is 0 Å². The molecule has 0 saturated carbocycles. The molecule has 2 atom stereocenters. The van der Waals surface area contributed by atoms with Crippen LogP contribution in [0.2, 0.25) is 0 Å². The van der Waals surface area contributed by atoms with Crippen molar-refractivity contribution >= 4 is 5.97 Å². The standard InChI is InChI=1S/C15H21NO3/c1-11-7-16(9-14(11)15(17)18)8-12-4-3-5-13(6-12)10-19-2/h3-6,11,14H,7-10H2,1-2H3,(H,17,18). The second-order valence-corrected chi connectivity index (χ2v) is 5.37. The Hall–Kier alpha value is -1.39. The van der Waals surface area contributed by atoms with Gasteiger partial charge in [0.1, 0.15) is 0 Å². The molecule has 1 aliphatic rings. The normalized spacial score (nSPS) is 23.7. The predicted molar refractivity (Wildman–Crippen MR) is 72.7 cm³/mol. The molecule has 0 aromatic heterocycles. The molecular weight excluding hydrogens is 242 g/mol. The van der Waals surface area contributed by atoms with Crippen LogP contribution in [0.3, 0.4) is 0 Å². The fourth-order valence-corrected chi connectivity index (χ4v) is 2.76. The average Bonchev–Trinajstić information content (AvgIpc) is 2.71. The third kappa shape index (κ3) is 3.55. The maximum Gasteiger partial charge on any atom is 0.308 e. The summed E-state index contributed by atoms with van der Waals surface area (Å²) in [6.45, 7) is 4.93. The van der Waals surface area contributed by atoms with Crippen LogP contribution in [0.5, 0.6) is 0 Å². The van der Waals surface area contributed by atoms with Crippen LogP contribution in [0.1, 0.15) is 18.1 Å². The molecule has 4 heteroatoms. The number of ether oxygens (including phenoxy) is 1. The summed E-state index contributed by atoms with van der Waals surface area (Å²) in [4.78, 5) is 13.3. The molecule has 1 aromatic rings. The van der Waals surface area contributed by atoms with E-state index in [1.54, 1.807) is 7.11 Å². The average molecular weight is 263 g/mol. The molecule has 0 radical (unpaired) electrons. The molecule has 1 fully saturated rings. The van der Waals surface area contributed by atoms with Crippen molar-refractivity contribution in [3.63, 3.8) is 0 Å². The highest BCUT2D eigenvalue weighted by Gasteiger charge is 2.34. The molecule has 1 heterocycles. The third-order valence-electron chi connectivity index (χ3n) is 3.71. The van der Waals surface area contributed by atoms with Gasteiger partial charge in [-0.1, -0.05) is 31.2 Å². The highest BCUT2D eigenvalue weighted by molar-refractivity contribution is 5.71. The maximum absolute atomic E-state index is 11.1. The number of likely N-dealkylation sites (tertiary alicyclic amines) is 1. The van der Waals surface area contributed by atoms with E-state index in [-0.39, 0.29) is 11.8 Å². The Morgan fingerprint density at radius 2 is 2.16 bits per heavy atom. The van der Waals surface area contributed by atoms with Gasteiger partial charge in [0.15, 0.2) is 0 Å². The van der Waals surface area contributed by atoms with E-state index in [9.17, 15) is 4.79 Å². The summed E-state index contributed by atoms with van der Waals surface area (Å²) in [6, 6.07) is 8.28. The van der Waals surface area contributed by atoms with E-state index in [0.717, 1.165) is 18.7 Å². The lowest BCUT2D eigenvalue weighted by atomic mass is 9.99. The van der Waals surface area contributed by atoms with Crippen LogP contribution in [0.15, 0.2) is 24.3 Å². The van der Waals surface area contributed by atoms with Gasteiger partial charge in [-0.2, -0.15) is 0 Å². The minimum absolute atomic E-state index is 0.222. The van der Waals surface area contributed by atoms with Gasteiger partial charge in [-0.25, -0.2) is 0 Å². The lowest BCUT2D eigenvalue weighted by Gasteiger charge is -2.15. The largest absolute Gasteiger partial charge is 0.481 e. The SMILES string of the molecule is COCc1cccc(CN2CC(C)C(C(=O)O)C2)c1. The van der Waals surface area contributed by atoms with Crippen LogP contribution in [-0.2, 0) is 22.7 Å². The number of rotatable bonds is 5. The monoisotopic (exact) mass is 263 g/mol. The van der Waals surface area contributed by atoms with E-state index in [2.05, 4.69) is 17.0 Å². The molecule has 0 amide bonds. The molecule has 0 aliphatic carbocycles. The van der Waals surface area contributed by atoms with Crippen molar-refractivity contribution in [2.24, 2.45) is 11.8 Å². The van der Waals surface area contributed by atoms with Crippen molar-refractivity contribution in [1.29, 1.82) is 0 Å². The quantitative estimate of drug-likeness (QED) is 0.882. The molecule has 104 valence electrons. The van der Waals surface area contributed by atoms with Gasteiger partial charge < -0.3 is 9.84 Å². The van der Waals surface area contributed by atoms with Crippen molar-refractivity contribution in [2.45, 2.75) is 20.1 Å². The minimum Gasteiger partial charge on any atom is -0.481 e. The molecule has 4 nitrogen and oxygen atoms in total. The van der Waals surface area contributed by atoms with Gasteiger partial charge in [0.2, 0.25) is 0 Å². The summed E-state index contributed by atoms with van der Waals surface area (Å²) in [7, 11) is 1.69. The Morgan fingerprint density at radius 3 is 2.79 bits per heavy atom. The minimum atomic E-state index is -0.678. The van der Waals surface area contributed by atoms with E-state index in [1.165, 1.54) is 5.56 Å². The Labute approximate surface area is 114 Å². The fraction of sp³-hybridized carbons (Fsp3) is 0.533. The van der Waals surface area contributed by atoms with Crippen LogP contribution >= 0.6 is 0 Å². The van der Waals surface area contributed by atoms with Crippen molar-refractivity contribution < 1.29 is 14.6 Å². The highest BCUT2D eigenvalue weighted by atomic mass is 16.5. The van der Waals surface area contributed by atoms with E-state index in [4.69, 9.17) is 9.84 Å². The first-order valence-corrected chi connectivity index (χ1v) is 6.62. The summed E-state index contributed by atoms with van der Waals surface area (Å²) in [5, 5.41) is 9.14. The zero-order chi connectivity index (χ0) is 13.8. The second kappa shape index (κ2) is 6.17. The molecule has 0 bridgehead atoms. The van der Waals surface area contributed by atoms with Gasteiger partial charge >= 0.3 is 5.97 Å².